The van der Waals surface area contributed by atoms with E-state index in [9.17, 15) is 24.6 Å². The number of carbonyl (C=O) groups is 3. The van der Waals surface area contributed by atoms with Crippen LogP contribution in [0.1, 0.15) is 0 Å². The van der Waals surface area contributed by atoms with Crippen molar-refractivity contribution < 1.29 is 38.8 Å². The second kappa shape index (κ2) is 12.6. The summed E-state index contributed by atoms with van der Waals surface area (Å²) in [6, 6.07) is 14.3. The van der Waals surface area contributed by atoms with Crippen LogP contribution in [0.3, 0.4) is 0 Å². The smallest absolute Gasteiger partial charge is 0.352 e. The van der Waals surface area contributed by atoms with Gasteiger partial charge in [0.05, 0.1) is 5.02 Å². The first-order chi connectivity index (χ1) is 20.1. The van der Waals surface area contributed by atoms with Gasteiger partial charge in [-0.2, -0.15) is 0 Å². The fourth-order valence-corrected chi connectivity index (χ4v) is 6.16. The lowest BCUT2D eigenvalue weighted by Crippen LogP contribution is -2.71. The number of carboxylic acid groups (broad SMARTS) is 1. The van der Waals surface area contributed by atoms with Crippen LogP contribution in [0.15, 0.2) is 71.9 Å². The molecule has 1 fully saturated rings. The van der Waals surface area contributed by atoms with Gasteiger partial charge >= 0.3 is 5.97 Å². The Morgan fingerprint density at radius 2 is 1.64 bits per heavy atom. The Bertz CT molecular complexity index is 1580. The molecular weight excluding hydrogens is 631 g/mol. The molecule has 2 atom stereocenters. The molecular formula is C28H21Cl3N2O8S. The molecule has 10 nitrogen and oxygen atoms in total. The van der Waals surface area contributed by atoms with Gasteiger partial charge in [-0.25, -0.2) is 4.79 Å². The highest BCUT2D eigenvalue weighted by atomic mass is 35.5. The second-order valence-electron chi connectivity index (χ2n) is 9.05. The van der Waals surface area contributed by atoms with Crippen molar-refractivity contribution in [3.63, 3.8) is 0 Å². The molecule has 2 heterocycles. The Morgan fingerprint density at radius 3 is 2.33 bits per heavy atom. The van der Waals surface area contributed by atoms with Crippen LogP contribution >= 0.6 is 46.6 Å². The number of fused-ring (bicyclic) bond motifs is 1. The molecule has 2 aliphatic rings. The maximum absolute atomic E-state index is 13.0. The third-order valence-electron chi connectivity index (χ3n) is 6.19. The minimum absolute atomic E-state index is 0.0533. The van der Waals surface area contributed by atoms with Crippen LogP contribution in [-0.2, 0) is 14.4 Å². The quantitative estimate of drug-likeness (QED) is 0.248. The van der Waals surface area contributed by atoms with Crippen LogP contribution < -0.4 is 19.5 Å². The highest BCUT2D eigenvalue weighted by Crippen LogP contribution is 2.42. The van der Waals surface area contributed by atoms with Crippen LogP contribution in [0.2, 0.25) is 15.1 Å². The molecule has 0 aliphatic carbocycles. The molecule has 0 aromatic heterocycles. The molecule has 1 unspecified atom stereocenters. The minimum Gasteiger partial charge on any atom is -0.508 e. The number of phenols is 1. The van der Waals surface area contributed by atoms with E-state index in [0.717, 1.165) is 4.90 Å². The van der Waals surface area contributed by atoms with E-state index in [2.05, 4.69) is 5.32 Å². The maximum Gasteiger partial charge on any atom is 0.352 e. The first-order valence-corrected chi connectivity index (χ1v) is 14.5. The number of β-lactam (4-membered cyclic amide) rings is 1. The number of carboxylic acids is 1. The third-order valence-corrected chi connectivity index (χ3v) is 8.30. The molecule has 42 heavy (non-hydrogen) atoms. The highest BCUT2D eigenvalue weighted by molar-refractivity contribution is 8.00. The van der Waals surface area contributed by atoms with E-state index in [-0.39, 0.29) is 46.9 Å². The Balaban J connectivity index is 1.26. The molecule has 0 radical (unpaired) electrons. The second-order valence-corrected chi connectivity index (χ2v) is 11.4. The van der Waals surface area contributed by atoms with Crippen molar-refractivity contribution in [1.29, 1.82) is 0 Å². The number of hydrogen-bond donors (Lipinski definition) is 3. The van der Waals surface area contributed by atoms with E-state index in [1.165, 1.54) is 48.2 Å². The van der Waals surface area contributed by atoms with Gasteiger partial charge in [0.25, 0.3) is 11.8 Å². The number of phenolic OH excluding ortho intramolecular Hbond substituents is 1. The first-order valence-electron chi connectivity index (χ1n) is 12.3. The molecule has 1 saturated heterocycles. The van der Waals surface area contributed by atoms with Crippen molar-refractivity contribution in [2.75, 3.05) is 19.0 Å². The Morgan fingerprint density at radius 1 is 0.952 bits per heavy atom. The number of aromatic hydroxyl groups is 1. The van der Waals surface area contributed by atoms with E-state index < -0.39 is 29.2 Å². The van der Waals surface area contributed by atoms with Gasteiger partial charge < -0.3 is 29.7 Å². The van der Waals surface area contributed by atoms with Gasteiger partial charge in [-0.05, 0) is 54.6 Å². The van der Waals surface area contributed by atoms with Crippen molar-refractivity contribution in [3.05, 3.63) is 87.0 Å². The van der Waals surface area contributed by atoms with Crippen molar-refractivity contribution in [2.24, 2.45) is 0 Å². The van der Waals surface area contributed by atoms with Crippen molar-refractivity contribution in [3.8, 4) is 28.7 Å². The molecule has 3 N–H and O–H groups in total. The van der Waals surface area contributed by atoms with Gasteiger partial charge in [0.2, 0.25) is 0 Å². The number of nitrogens with one attached hydrogen (secondary N) is 1. The number of nitrogens with zero attached hydrogens (tertiary/aromatic N) is 1. The van der Waals surface area contributed by atoms with Crippen molar-refractivity contribution in [1.82, 2.24) is 10.2 Å². The number of ether oxygens (including phenoxy) is 3. The molecule has 3 aromatic rings. The fraction of sp³-hybridized carbons (Fsp3) is 0.179. The molecule has 5 rings (SSSR count). The Hall–Kier alpha value is -3.77. The lowest BCUT2D eigenvalue weighted by molar-refractivity contribution is -0.151. The number of benzene rings is 3. The zero-order chi connectivity index (χ0) is 30.0. The molecule has 218 valence electrons. The number of thioether (sulfide) groups is 1. The Kier molecular flexibility index (Phi) is 8.93. The van der Waals surface area contributed by atoms with Crippen LogP contribution in [0.4, 0.5) is 0 Å². The summed E-state index contributed by atoms with van der Waals surface area (Å²) >= 11 is 19.7. The lowest BCUT2D eigenvalue weighted by Gasteiger charge is -2.49. The van der Waals surface area contributed by atoms with Gasteiger partial charge in [-0.1, -0.05) is 34.8 Å². The predicted molar refractivity (Wildman–Crippen MR) is 157 cm³/mol. The van der Waals surface area contributed by atoms with Gasteiger partial charge in [-0.15, -0.1) is 11.8 Å². The van der Waals surface area contributed by atoms with Crippen molar-refractivity contribution in [2.45, 2.75) is 11.4 Å². The molecule has 14 heteroatoms. The summed E-state index contributed by atoms with van der Waals surface area (Å²) in [6.45, 7) is -0.536. The standard InChI is InChI=1S/C28H21Cl3N2O8S/c29-15-1-7-20(19(31)9-15)41-21-8-2-16(30)10-22(21)40-11-14-13-42-27-24(26(36)33(27)25(14)28(37)38)32-23(35)12-39-18-5-3-17(34)4-6-18/h1-10,24,27,34H,11-13H2,(H,32,35)(H,37,38)/t24?,27-/m1/s1. The normalized spacial score (nSPS) is 17.7. The van der Waals surface area contributed by atoms with Crippen LogP contribution in [0.25, 0.3) is 0 Å². The van der Waals surface area contributed by atoms with Gasteiger partial charge in [0.1, 0.15) is 41.0 Å². The van der Waals surface area contributed by atoms with Crippen LogP contribution in [-0.4, -0.2) is 63.3 Å². The molecule has 0 bridgehead atoms. The average molecular weight is 652 g/mol. The van der Waals surface area contributed by atoms with Gasteiger partial charge in [0.15, 0.2) is 18.1 Å². The number of rotatable bonds is 10. The SMILES string of the molecule is O=C(COc1ccc(O)cc1)NC1C(=O)N2C(C(=O)O)=C(COc3cc(Cl)ccc3Oc3ccc(Cl)cc3Cl)CS[C@H]12. The van der Waals surface area contributed by atoms with E-state index >= 15 is 0 Å². The molecule has 2 aliphatic heterocycles. The topological polar surface area (TPSA) is 135 Å². The van der Waals surface area contributed by atoms with E-state index in [1.807, 2.05) is 0 Å². The number of aliphatic carboxylic acids is 1. The number of hydrogen-bond acceptors (Lipinski definition) is 8. The third kappa shape index (κ3) is 6.49. The molecule has 2 amide bonds. The highest BCUT2D eigenvalue weighted by Gasteiger charge is 2.54. The summed E-state index contributed by atoms with van der Waals surface area (Å²) in [7, 11) is 0. The molecule has 0 spiro atoms. The van der Waals surface area contributed by atoms with Crippen molar-refractivity contribution >= 4 is 64.3 Å². The fourth-order valence-electron chi connectivity index (χ4n) is 4.22. The zero-order valence-corrected chi connectivity index (χ0v) is 24.5. The summed E-state index contributed by atoms with van der Waals surface area (Å²) < 4.78 is 17.2. The first kappa shape index (κ1) is 29.7. The molecule has 0 saturated carbocycles. The van der Waals surface area contributed by atoms with E-state index in [4.69, 9.17) is 49.0 Å². The van der Waals surface area contributed by atoms with Gasteiger partial charge in [0, 0.05) is 27.4 Å². The number of carbonyl (C=O) groups excluding carboxylic acids is 2. The van der Waals surface area contributed by atoms with Crippen LogP contribution in [0.5, 0.6) is 28.7 Å². The lowest BCUT2D eigenvalue weighted by atomic mass is 10.0. The average Bonchev–Trinajstić information content (AvgIpc) is 2.96. The summed E-state index contributed by atoms with van der Waals surface area (Å²) in [6.07, 6.45) is 0. The van der Waals surface area contributed by atoms with Gasteiger partial charge in [-0.3, -0.25) is 14.5 Å². The summed E-state index contributed by atoms with van der Waals surface area (Å²) in [5.74, 6) is -0.946. The largest absolute Gasteiger partial charge is 0.508 e. The number of halogens is 3. The summed E-state index contributed by atoms with van der Waals surface area (Å²) in [5, 5.41) is 22.4. The van der Waals surface area contributed by atoms with E-state index in [1.54, 1.807) is 24.3 Å². The van der Waals surface area contributed by atoms with E-state index in [0.29, 0.717) is 27.1 Å². The monoisotopic (exact) mass is 650 g/mol. The maximum atomic E-state index is 13.0. The summed E-state index contributed by atoms with van der Waals surface area (Å²) in [4.78, 5) is 38.8. The minimum atomic E-state index is -1.30. The van der Waals surface area contributed by atoms with Crippen LogP contribution in [0, 0.1) is 0 Å². The summed E-state index contributed by atoms with van der Waals surface area (Å²) in [5.41, 5.74) is 0.146. The zero-order valence-electron chi connectivity index (χ0n) is 21.4. The Labute approximate surface area is 258 Å². The molecule has 3 aromatic carbocycles. The predicted octanol–water partition coefficient (Wildman–Crippen LogP) is 5.34. The number of amides is 2.